The van der Waals surface area contributed by atoms with E-state index in [1.807, 2.05) is 0 Å². The molecule has 0 saturated heterocycles. The fourth-order valence-corrected chi connectivity index (χ4v) is 2.20. The first-order chi connectivity index (χ1) is 9.31. The average Bonchev–Trinajstić information content (AvgIpc) is 2.41. The van der Waals surface area contributed by atoms with E-state index in [2.05, 4.69) is 25.7 Å². The lowest BCUT2D eigenvalue weighted by Crippen LogP contribution is -2.02. The number of rotatable bonds is 12. The van der Waals surface area contributed by atoms with E-state index in [1.54, 1.807) is 0 Å². The second-order valence-electron chi connectivity index (χ2n) is 5.56. The summed E-state index contributed by atoms with van der Waals surface area (Å²) in [6, 6.07) is 0. The third kappa shape index (κ3) is 15.5. The van der Waals surface area contributed by atoms with Crippen molar-refractivity contribution in [1.29, 1.82) is 0 Å². The van der Waals surface area contributed by atoms with Gasteiger partial charge in [-0.05, 0) is 19.3 Å². The highest BCUT2D eigenvalue weighted by molar-refractivity contribution is 5.04. The van der Waals surface area contributed by atoms with Gasteiger partial charge in [-0.25, -0.2) is 0 Å². The molecule has 0 fully saturated rings. The summed E-state index contributed by atoms with van der Waals surface area (Å²) in [5.41, 5.74) is 0. The molecule has 112 valence electrons. The van der Waals surface area contributed by atoms with Crippen LogP contribution in [0.2, 0.25) is 0 Å². The molecule has 0 unspecified atom stereocenters. The standard InChI is InChI=1S/C18H34O/c1-3-5-7-9-11-13-15-17-18(19)16-14-12-10-8-6-4-2/h18-19H,3-14,16H2,1-2H3/t18-/m1/s1. The van der Waals surface area contributed by atoms with Crippen molar-refractivity contribution >= 4 is 0 Å². The van der Waals surface area contributed by atoms with Crippen LogP contribution in [-0.2, 0) is 0 Å². The van der Waals surface area contributed by atoms with E-state index in [4.69, 9.17) is 0 Å². The lowest BCUT2D eigenvalue weighted by molar-refractivity contribution is 0.217. The monoisotopic (exact) mass is 266 g/mol. The molecule has 1 atom stereocenters. The number of aliphatic hydroxyl groups is 1. The van der Waals surface area contributed by atoms with Crippen LogP contribution in [-0.4, -0.2) is 11.2 Å². The molecule has 0 spiro atoms. The molecule has 1 nitrogen and oxygen atoms in total. The zero-order chi connectivity index (χ0) is 14.2. The first kappa shape index (κ1) is 18.5. The van der Waals surface area contributed by atoms with Gasteiger partial charge in [-0.3, -0.25) is 0 Å². The molecule has 1 heteroatoms. The van der Waals surface area contributed by atoms with Crippen molar-refractivity contribution < 1.29 is 5.11 Å². The molecule has 0 rings (SSSR count). The molecule has 0 amide bonds. The van der Waals surface area contributed by atoms with E-state index in [1.165, 1.54) is 64.2 Å². The molecule has 0 aliphatic carbocycles. The second kappa shape index (κ2) is 15.6. The smallest absolute Gasteiger partial charge is 0.114 e. The van der Waals surface area contributed by atoms with Gasteiger partial charge in [0.2, 0.25) is 0 Å². The zero-order valence-corrected chi connectivity index (χ0v) is 13.2. The lowest BCUT2D eigenvalue weighted by atomic mass is 10.1. The van der Waals surface area contributed by atoms with Gasteiger partial charge in [-0.1, -0.05) is 77.6 Å². The first-order valence-electron chi connectivity index (χ1n) is 8.47. The molecule has 19 heavy (non-hydrogen) atoms. The second-order valence-corrected chi connectivity index (χ2v) is 5.56. The summed E-state index contributed by atoms with van der Waals surface area (Å²) >= 11 is 0. The predicted molar refractivity (Wildman–Crippen MR) is 85.2 cm³/mol. The Morgan fingerprint density at radius 3 is 1.89 bits per heavy atom. The Balaban J connectivity index is 3.30. The fraction of sp³-hybridized carbons (Fsp3) is 0.889. The maximum Gasteiger partial charge on any atom is 0.114 e. The van der Waals surface area contributed by atoms with Crippen molar-refractivity contribution in [3.05, 3.63) is 0 Å². The molecule has 0 aromatic carbocycles. The van der Waals surface area contributed by atoms with Gasteiger partial charge >= 0.3 is 0 Å². The van der Waals surface area contributed by atoms with Gasteiger partial charge < -0.3 is 5.11 Å². The number of unbranched alkanes of at least 4 members (excludes halogenated alkanes) is 10. The predicted octanol–water partition coefficient (Wildman–Crippen LogP) is 5.46. The summed E-state index contributed by atoms with van der Waals surface area (Å²) < 4.78 is 0. The molecule has 0 heterocycles. The summed E-state index contributed by atoms with van der Waals surface area (Å²) in [6.45, 7) is 4.47. The SMILES string of the molecule is CCCCCCCC#C[C@H](O)CCCCCCCC. The molecular weight excluding hydrogens is 232 g/mol. The van der Waals surface area contributed by atoms with Crippen molar-refractivity contribution in [2.75, 3.05) is 0 Å². The lowest BCUT2D eigenvalue weighted by Gasteiger charge is -2.03. The Morgan fingerprint density at radius 1 is 0.737 bits per heavy atom. The molecule has 1 N–H and O–H groups in total. The Labute approximate surface area is 121 Å². The minimum atomic E-state index is -0.387. The van der Waals surface area contributed by atoms with Crippen molar-refractivity contribution in [2.24, 2.45) is 0 Å². The van der Waals surface area contributed by atoms with Gasteiger partial charge in [0.25, 0.3) is 0 Å². The fourth-order valence-electron chi connectivity index (χ4n) is 2.20. The van der Waals surface area contributed by atoms with Gasteiger partial charge in [0.05, 0.1) is 0 Å². The highest BCUT2D eigenvalue weighted by atomic mass is 16.3. The summed E-state index contributed by atoms with van der Waals surface area (Å²) in [5, 5.41) is 9.72. The van der Waals surface area contributed by atoms with Crippen molar-refractivity contribution in [3.8, 4) is 11.8 Å². The summed E-state index contributed by atoms with van der Waals surface area (Å²) in [6.07, 6.45) is 15.5. The van der Waals surface area contributed by atoms with E-state index in [-0.39, 0.29) is 6.10 Å². The van der Waals surface area contributed by atoms with Crippen LogP contribution >= 0.6 is 0 Å². The Hall–Kier alpha value is -0.480. The molecule has 0 aromatic heterocycles. The van der Waals surface area contributed by atoms with Gasteiger partial charge in [0.15, 0.2) is 0 Å². The molecule has 0 aliphatic rings. The molecule has 0 bridgehead atoms. The number of hydrogen-bond donors (Lipinski definition) is 1. The summed E-state index contributed by atoms with van der Waals surface area (Å²) in [7, 11) is 0. The Kier molecular flexibility index (Phi) is 15.2. The van der Waals surface area contributed by atoms with E-state index in [0.29, 0.717) is 0 Å². The molecule has 0 saturated carbocycles. The van der Waals surface area contributed by atoms with Crippen molar-refractivity contribution in [2.45, 2.75) is 103 Å². The minimum absolute atomic E-state index is 0.387. The Bertz CT molecular complexity index is 224. The van der Waals surface area contributed by atoms with E-state index < -0.39 is 0 Å². The molecular formula is C18H34O. The van der Waals surface area contributed by atoms with Crippen molar-refractivity contribution in [3.63, 3.8) is 0 Å². The van der Waals surface area contributed by atoms with Gasteiger partial charge in [-0.2, -0.15) is 0 Å². The summed E-state index contributed by atoms with van der Waals surface area (Å²) in [4.78, 5) is 0. The zero-order valence-electron chi connectivity index (χ0n) is 13.2. The van der Waals surface area contributed by atoms with Crippen LogP contribution in [0, 0.1) is 11.8 Å². The third-order valence-electron chi connectivity index (χ3n) is 3.51. The van der Waals surface area contributed by atoms with Crippen LogP contribution in [0.5, 0.6) is 0 Å². The van der Waals surface area contributed by atoms with Gasteiger partial charge in [0, 0.05) is 6.42 Å². The average molecular weight is 266 g/mol. The maximum atomic E-state index is 9.72. The van der Waals surface area contributed by atoms with Gasteiger partial charge in [-0.15, -0.1) is 5.92 Å². The van der Waals surface area contributed by atoms with Crippen LogP contribution < -0.4 is 0 Å². The van der Waals surface area contributed by atoms with E-state index in [0.717, 1.165) is 19.3 Å². The Morgan fingerprint density at radius 2 is 1.26 bits per heavy atom. The maximum absolute atomic E-state index is 9.72. The van der Waals surface area contributed by atoms with Crippen molar-refractivity contribution in [1.82, 2.24) is 0 Å². The van der Waals surface area contributed by atoms with E-state index >= 15 is 0 Å². The van der Waals surface area contributed by atoms with Crippen LogP contribution in [0.15, 0.2) is 0 Å². The van der Waals surface area contributed by atoms with E-state index in [9.17, 15) is 5.11 Å². The first-order valence-corrected chi connectivity index (χ1v) is 8.47. The van der Waals surface area contributed by atoms with Gasteiger partial charge in [0.1, 0.15) is 6.10 Å². The molecule has 0 aromatic rings. The summed E-state index contributed by atoms with van der Waals surface area (Å²) in [5.74, 6) is 6.10. The number of hydrogen-bond acceptors (Lipinski definition) is 1. The third-order valence-corrected chi connectivity index (χ3v) is 3.51. The van der Waals surface area contributed by atoms with Crippen LogP contribution in [0.1, 0.15) is 97.3 Å². The highest BCUT2D eigenvalue weighted by Gasteiger charge is 1.98. The quantitative estimate of drug-likeness (QED) is 0.367. The highest BCUT2D eigenvalue weighted by Crippen LogP contribution is 2.08. The normalized spacial score (nSPS) is 11.9. The topological polar surface area (TPSA) is 20.2 Å². The van der Waals surface area contributed by atoms with Crippen LogP contribution in [0.25, 0.3) is 0 Å². The van der Waals surface area contributed by atoms with Crippen LogP contribution in [0.3, 0.4) is 0 Å². The largest absolute Gasteiger partial charge is 0.380 e. The minimum Gasteiger partial charge on any atom is -0.380 e. The van der Waals surface area contributed by atoms with Crippen LogP contribution in [0.4, 0.5) is 0 Å². The molecule has 0 radical (unpaired) electrons. The molecule has 0 aliphatic heterocycles. The number of aliphatic hydroxyl groups excluding tert-OH is 1.